The largest absolute Gasteiger partial charge is 0.472 e. The normalized spacial score (nSPS) is 14.0. The minimum atomic E-state index is -4.77. The number of phosphoric acid groups is 1. The predicted octanol–water partition coefficient (Wildman–Crippen LogP) is 18.8. The Hall–Kier alpha value is -3.60. The number of hydrogen-bond acceptors (Lipinski definition) is 10. The fourth-order valence-electron chi connectivity index (χ4n) is 8.24. The van der Waals surface area contributed by atoms with Gasteiger partial charge >= 0.3 is 25.7 Å². The van der Waals surface area contributed by atoms with E-state index in [0.717, 1.165) is 103 Å². The summed E-state index contributed by atoms with van der Waals surface area (Å²) in [5.41, 5.74) is 0. The molecule has 0 spiro atoms. The molecule has 78 heavy (non-hydrogen) atoms. The van der Waals surface area contributed by atoms with Crippen LogP contribution >= 0.6 is 7.82 Å². The number of unbranched alkanes of at least 4 members (excludes halogenated alkanes) is 24. The summed E-state index contributed by atoms with van der Waals surface area (Å²) in [5, 5.41) is 9.83. The van der Waals surface area contributed by atoms with Gasteiger partial charge in [-0.15, -0.1) is 0 Å². The summed E-state index contributed by atoms with van der Waals surface area (Å²) in [6.07, 6.45) is 70.8. The van der Waals surface area contributed by atoms with E-state index in [0.29, 0.717) is 25.7 Å². The van der Waals surface area contributed by atoms with Gasteiger partial charge in [-0.05, 0) is 116 Å². The molecule has 0 heterocycles. The summed E-state index contributed by atoms with van der Waals surface area (Å²) in [6, 6.07) is 0. The summed E-state index contributed by atoms with van der Waals surface area (Å²) >= 11 is 0. The number of ether oxygens (including phenoxy) is 3. The molecule has 0 amide bonds. The standard InChI is InChI=1S/C66H113O11P/c1-4-7-10-13-16-19-22-25-28-30-31-33-36-39-42-45-48-51-54-57-66(70)77-63(59-73-64(68)55-52-49-46-43-40-37-34-27-24-21-18-15-12-9-6-3)61-75-78(71,72)74-60-62(58-67)76-65(69)56-53-50-47-44-41-38-35-32-29-26-23-20-17-14-11-8-5-2/h8,11,16-17,19-20,25-29,34-35,38,44,47,62-63,67H,4-7,9-10,12-15,18,21-24,30-33,36-37,39-43,45-46,48-61H2,1-3H3,(H,71,72)/b11-8-,19-16-,20-17-,28-25-,29-26-,34-27-,38-35-,47-44-. The van der Waals surface area contributed by atoms with E-state index in [4.69, 9.17) is 23.3 Å². The third-order valence-electron chi connectivity index (χ3n) is 13.0. The number of allylic oxidation sites excluding steroid dienone is 16. The van der Waals surface area contributed by atoms with E-state index in [1.165, 1.54) is 96.3 Å². The molecule has 3 atom stereocenters. The highest BCUT2D eigenvalue weighted by atomic mass is 31.2. The number of carbonyl (C=O) groups excluding carboxylic acids is 3. The minimum Gasteiger partial charge on any atom is -0.462 e. The van der Waals surface area contributed by atoms with Gasteiger partial charge < -0.3 is 24.2 Å². The zero-order valence-electron chi connectivity index (χ0n) is 49.6. The van der Waals surface area contributed by atoms with Crippen molar-refractivity contribution in [2.45, 2.75) is 277 Å². The quantitative estimate of drug-likeness (QED) is 0.0197. The third-order valence-corrected chi connectivity index (χ3v) is 13.9. The van der Waals surface area contributed by atoms with Crippen LogP contribution in [0.2, 0.25) is 0 Å². The van der Waals surface area contributed by atoms with Gasteiger partial charge in [0.2, 0.25) is 0 Å². The van der Waals surface area contributed by atoms with E-state index in [1.54, 1.807) is 0 Å². The van der Waals surface area contributed by atoms with E-state index in [1.807, 2.05) is 12.2 Å². The van der Waals surface area contributed by atoms with Crippen LogP contribution in [0, 0.1) is 0 Å². The van der Waals surface area contributed by atoms with Crippen molar-refractivity contribution in [3.05, 3.63) is 97.2 Å². The Morgan fingerprint density at radius 2 is 0.679 bits per heavy atom. The number of carbonyl (C=O) groups is 3. The first-order valence-corrected chi connectivity index (χ1v) is 32.6. The average molecular weight is 1110 g/mol. The van der Waals surface area contributed by atoms with E-state index in [2.05, 4.69) is 106 Å². The maximum atomic E-state index is 12.9. The predicted molar refractivity (Wildman–Crippen MR) is 325 cm³/mol. The third kappa shape index (κ3) is 57.1. The molecule has 0 aromatic heterocycles. The molecule has 2 N–H and O–H groups in total. The van der Waals surface area contributed by atoms with Gasteiger partial charge in [0, 0.05) is 19.3 Å². The summed E-state index contributed by atoms with van der Waals surface area (Å²) in [5.74, 6) is -1.54. The second-order valence-corrected chi connectivity index (χ2v) is 21.9. The molecule has 0 saturated heterocycles. The maximum Gasteiger partial charge on any atom is 0.472 e. The zero-order valence-corrected chi connectivity index (χ0v) is 50.5. The Morgan fingerprint density at radius 1 is 0.372 bits per heavy atom. The highest BCUT2D eigenvalue weighted by Crippen LogP contribution is 2.43. The van der Waals surface area contributed by atoms with Crippen LogP contribution < -0.4 is 0 Å². The molecule has 0 aromatic rings. The molecule has 0 rings (SSSR count). The first-order valence-electron chi connectivity index (χ1n) is 31.1. The van der Waals surface area contributed by atoms with E-state index in [9.17, 15) is 28.9 Å². The number of phosphoric ester groups is 1. The highest BCUT2D eigenvalue weighted by Gasteiger charge is 2.28. The Labute approximate surface area is 476 Å². The molecular formula is C66H113O11P. The minimum absolute atomic E-state index is 0.0949. The topological polar surface area (TPSA) is 155 Å². The molecule has 0 aliphatic heterocycles. The van der Waals surface area contributed by atoms with Crippen LogP contribution in [-0.2, 0) is 42.2 Å². The second kappa shape index (κ2) is 59.5. The molecule has 0 aromatic carbocycles. The van der Waals surface area contributed by atoms with Crippen molar-refractivity contribution in [1.82, 2.24) is 0 Å². The Balaban J connectivity index is 4.78. The van der Waals surface area contributed by atoms with Crippen molar-refractivity contribution in [3.63, 3.8) is 0 Å². The average Bonchev–Trinajstić information content (AvgIpc) is 3.43. The van der Waals surface area contributed by atoms with Crippen molar-refractivity contribution in [3.8, 4) is 0 Å². The Bertz CT molecular complexity index is 1680. The summed E-state index contributed by atoms with van der Waals surface area (Å²) in [6.45, 7) is 4.44. The van der Waals surface area contributed by atoms with Crippen molar-refractivity contribution in [1.29, 1.82) is 0 Å². The van der Waals surface area contributed by atoms with E-state index < -0.39 is 57.8 Å². The lowest BCUT2D eigenvalue weighted by molar-refractivity contribution is -0.161. The van der Waals surface area contributed by atoms with E-state index >= 15 is 0 Å². The van der Waals surface area contributed by atoms with Gasteiger partial charge in [-0.3, -0.25) is 23.4 Å². The lowest BCUT2D eigenvalue weighted by Gasteiger charge is -2.21. The molecule has 0 bridgehead atoms. The highest BCUT2D eigenvalue weighted by molar-refractivity contribution is 7.47. The number of esters is 3. The first-order chi connectivity index (χ1) is 38.2. The van der Waals surface area contributed by atoms with Crippen LogP contribution in [0.5, 0.6) is 0 Å². The molecule has 448 valence electrons. The molecule has 0 radical (unpaired) electrons. The maximum absolute atomic E-state index is 12.9. The van der Waals surface area contributed by atoms with Gasteiger partial charge in [-0.1, -0.05) is 227 Å². The van der Waals surface area contributed by atoms with Gasteiger partial charge in [-0.25, -0.2) is 4.57 Å². The lowest BCUT2D eigenvalue weighted by Crippen LogP contribution is -2.30. The van der Waals surface area contributed by atoms with Crippen LogP contribution in [0.1, 0.15) is 265 Å². The Kier molecular flexibility index (Phi) is 56.8. The number of rotatable bonds is 57. The van der Waals surface area contributed by atoms with Crippen molar-refractivity contribution in [2.24, 2.45) is 0 Å². The number of aliphatic hydroxyl groups excluding tert-OH is 1. The van der Waals surface area contributed by atoms with Gasteiger partial charge in [0.25, 0.3) is 0 Å². The van der Waals surface area contributed by atoms with Crippen LogP contribution in [-0.4, -0.2) is 66.5 Å². The Morgan fingerprint density at radius 3 is 1.12 bits per heavy atom. The molecule has 0 aliphatic carbocycles. The fraction of sp³-hybridized carbons (Fsp3) is 0.712. The molecule has 12 heteroatoms. The summed E-state index contributed by atoms with van der Waals surface area (Å²) in [7, 11) is -4.77. The first kappa shape index (κ1) is 74.4. The fourth-order valence-corrected chi connectivity index (χ4v) is 9.02. The molecule has 0 saturated carbocycles. The molecule has 3 unspecified atom stereocenters. The van der Waals surface area contributed by atoms with Crippen molar-refractivity contribution >= 4 is 25.7 Å². The summed E-state index contributed by atoms with van der Waals surface area (Å²) < 4.78 is 39.6. The van der Waals surface area contributed by atoms with Crippen molar-refractivity contribution < 1.29 is 52.2 Å². The molecule has 0 fully saturated rings. The van der Waals surface area contributed by atoms with Crippen molar-refractivity contribution in [2.75, 3.05) is 26.4 Å². The number of aliphatic hydroxyl groups is 1. The SMILES string of the molecule is CC/C=C\C/C=C\C/C=C\C/C=C\C/C=C\CCCC(=O)OC(CO)COP(=O)(O)OCC(COC(=O)CCCCCCC/C=C\CCCCCCCC)OC(=O)CCCCCCCCCCC/C=C\C/C=C\CCCCC. The lowest BCUT2D eigenvalue weighted by atomic mass is 10.1. The van der Waals surface area contributed by atoms with Crippen LogP contribution in [0.15, 0.2) is 97.2 Å². The van der Waals surface area contributed by atoms with Gasteiger partial charge in [0.1, 0.15) is 12.7 Å². The zero-order chi connectivity index (χ0) is 56.9. The van der Waals surface area contributed by atoms with Gasteiger partial charge in [-0.2, -0.15) is 0 Å². The monoisotopic (exact) mass is 1110 g/mol. The van der Waals surface area contributed by atoms with Crippen LogP contribution in [0.25, 0.3) is 0 Å². The molecule has 0 aliphatic rings. The second-order valence-electron chi connectivity index (χ2n) is 20.5. The van der Waals surface area contributed by atoms with Gasteiger partial charge in [0.05, 0.1) is 19.8 Å². The smallest absolute Gasteiger partial charge is 0.462 e. The molecular weight excluding hydrogens is 1000 g/mol. The van der Waals surface area contributed by atoms with Crippen LogP contribution in [0.3, 0.4) is 0 Å². The number of hydrogen-bond donors (Lipinski definition) is 2. The van der Waals surface area contributed by atoms with E-state index in [-0.39, 0.29) is 25.9 Å². The van der Waals surface area contributed by atoms with Gasteiger partial charge in [0.15, 0.2) is 6.10 Å². The molecule has 11 nitrogen and oxygen atoms in total. The summed E-state index contributed by atoms with van der Waals surface area (Å²) in [4.78, 5) is 48.7. The van der Waals surface area contributed by atoms with Crippen LogP contribution in [0.4, 0.5) is 0 Å².